The number of nitrogens with zero attached hydrogens (tertiary/aromatic N) is 1. The Morgan fingerprint density at radius 3 is 2.57 bits per heavy atom. The van der Waals surface area contributed by atoms with Crippen molar-refractivity contribution in [2.75, 3.05) is 7.05 Å². The Morgan fingerprint density at radius 2 is 1.93 bits per heavy atom. The molecule has 146 valence electrons. The van der Waals surface area contributed by atoms with E-state index in [4.69, 9.17) is 5.84 Å². The third kappa shape index (κ3) is 3.46. The summed E-state index contributed by atoms with van der Waals surface area (Å²) in [7, 11) is 1.83. The number of rotatable bonds is 4. The van der Waals surface area contributed by atoms with E-state index in [2.05, 4.69) is 38.1 Å². The van der Waals surface area contributed by atoms with E-state index >= 15 is 0 Å². The molecule has 0 radical (unpaired) electrons. The van der Waals surface area contributed by atoms with E-state index in [0.29, 0.717) is 12.1 Å². The summed E-state index contributed by atoms with van der Waals surface area (Å²) in [5, 5.41) is 14.0. The zero-order chi connectivity index (χ0) is 20.1. The Bertz CT molecular complexity index is 1070. The van der Waals surface area contributed by atoms with Gasteiger partial charge in [0.2, 0.25) is 0 Å². The normalized spacial score (nSPS) is 15.8. The topological polar surface area (TPSA) is 66.6 Å². The van der Waals surface area contributed by atoms with Crippen molar-refractivity contribution in [2.24, 2.45) is 11.3 Å². The van der Waals surface area contributed by atoms with Crippen LogP contribution in [0.5, 0.6) is 0 Å². The molecule has 1 aliphatic rings. The monoisotopic (exact) mass is 394 g/mol. The van der Waals surface area contributed by atoms with Crippen LogP contribution < -0.4 is 5.84 Å². The molecule has 0 saturated carbocycles. The number of aromatic carboxylic acids is 1. The van der Waals surface area contributed by atoms with E-state index in [1.165, 1.54) is 4.88 Å². The summed E-state index contributed by atoms with van der Waals surface area (Å²) in [6.07, 6.45) is 2.86. The maximum absolute atomic E-state index is 12.3. The van der Waals surface area contributed by atoms with Gasteiger partial charge >= 0.3 is 5.97 Å². The number of aryl methyl sites for hydroxylation is 1. The van der Waals surface area contributed by atoms with Crippen molar-refractivity contribution in [1.29, 1.82) is 0 Å². The van der Waals surface area contributed by atoms with Crippen molar-refractivity contribution in [3.8, 4) is 10.4 Å². The van der Waals surface area contributed by atoms with Crippen LogP contribution >= 0.6 is 11.3 Å². The number of benzene rings is 2. The van der Waals surface area contributed by atoms with Crippen LogP contribution in [0.4, 0.5) is 0 Å². The van der Waals surface area contributed by atoms with Gasteiger partial charge in [-0.05, 0) is 64.3 Å². The average molecular weight is 395 g/mol. The minimum Gasteiger partial charge on any atom is -0.478 e. The smallest absolute Gasteiger partial charge is 0.337 e. The molecule has 28 heavy (non-hydrogen) atoms. The second kappa shape index (κ2) is 6.99. The Balaban J connectivity index is 1.97. The predicted octanol–water partition coefficient (Wildman–Crippen LogP) is 5.09. The highest BCUT2D eigenvalue weighted by molar-refractivity contribution is 7.16. The number of carboxylic acids is 1. The van der Waals surface area contributed by atoms with Gasteiger partial charge in [-0.15, -0.1) is 11.3 Å². The Hall–Kier alpha value is -2.21. The summed E-state index contributed by atoms with van der Waals surface area (Å²) in [6, 6.07) is 12.5. The second-order valence-electron chi connectivity index (χ2n) is 8.63. The summed E-state index contributed by atoms with van der Waals surface area (Å²) in [6.45, 7) is 5.01. The minimum atomic E-state index is -0.828. The van der Waals surface area contributed by atoms with Gasteiger partial charge in [-0.25, -0.2) is 9.80 Å². The highest BCUT2D eigenvalue weighted by atomic mass is 32.1. The molecular formula is C23H26N2O2S. The molecule has 0 fully saturated rings. The van der Waals surface area contributed by atoms with Gasteiger partial charge in [0.25, 0.3) is 0 Å². The van der Waals surface area contributed by atoms with Gasteiger partial charge in [0.05, 0.1) is 5.56 Å². The van der Waals surface area contributed by atoms with E-state index in [1.54, 1.807) is 16.3 Å². The number of hydrazine groups is 1. The first kappa shape index (κ1) is 19.1. The molecule has 1 aliphatic carbocycles. The van der Waals surface area contributed by atoms with E-state index < -0.39 is 5.97 Å². The van der Waals surface area contributed by atoms with Gasteiger partial charge in [-0.3, -0.25) is 5.84 Å². The van der Waals surface area contributed by atoms with Gasteiger partial charge in [-0.1, -0.05) is 38.1 Å². The van der Waals surface area contributed by atoms with Gasteiger partial charge in [0, 0.05) is 23.3 Å². The van der Waals surface area contributed by atoms with Crippen molar-refractivity contribution in [1.82, 2.24) is 5.01 Å². The first-order valence-corrected chi connectivity index (χ1v) is 10.4. The lowest BCUT2D eigenvalue weighted by molar-refractivity contribution is 0.0696. The molecule has 3 aromatic rings. The predicted molar refractivity (Wildman–Crippen MR) is 116 cm³/mol. The van der Waals surface area contributed by atoms with Crippen LogP contribution in [-0.2, 0) is 19.4 Å². The third-order valence-electron chi connectivity index (χ3n) is 5.62. The molecule has 0 atom stereocenters. The molecule has 1 aromatic heterocycles. The van der Waals surface area contributed by atoms with E-state index in [-0.39, 0.29) is 5.41 Å². The molecule has 5 heteroatoms. The van der Waals surface area contributed by atoms with Gasteiger partial charge in [-0.2, -0.15) is 0 Å². The second-order valence-corrected chi connectivity index (χ2v) is 9.73. The van der Waals surface area contributed by atoms with Gasteiger partial charge < -0.3 is 5.11 Å². The highest BCUT2D eigenvalue weighted by Gasteiger charge is 2.33. The molecule has 3 N–H and O–H groups in total. The van der Waals surface area contributed by atoms with Crippen molar-refractivity contribution >= 4 is 28.1 Å². The summed E-state index contributed by atoms with van der Waals surface area (Å²) in [4.78, 5) is 14.4. The number of hydrogen-bond acceptors (Lipinski definition) is 4. The zero-order valence-electron chi connectivity index (χ0n) is 16.6. The molecule has 0 unspecified atom stereocenters. The zero-order valence-corrected chi connectivity index (χ0v) is 17.4. The summed E-state index contributed by atoms with van der Waals surface area (Å²) < 4.78 is 0. The average Bonchev–Trinajstić information content (AvgIpc) is 2.98. The standard InChI is InChI=1S/C23H26N2O2S/c1-23(2)9-8-19-18(12-23)20(22(26)27)21(28-19)17-11-15-7-5-4-6-14(15)10-16(17)13-25(3)24/h4-7,10-11H,8-9,12-13,24H2,1-3H3,(H,26,27). The molecule has 0 bridgehead atoms. The van der Waals surface area contributed by atoms with Crippen molar-refractivity contribution < 1.29 is 9.90 Å². The fourth-order valence-electron chi connectivity index (χ4n) is 4.23. The van der Waals surface area contributed by atoms with Crippen molar-refractivity contribution in [2.45, 2.75) is 39.7 Å². The lowest BCUT2D eigenvalue weighted by atomic mass is 9.76. The van der Waals surface area contributed by atoms with Crippen molar-refractivity contribution in [3.05, 3.63) is 58.0 Å². The number of nitrogens with two attached hydrogens (primary N) is 1. The van der Waals surface area contributed by atoms with Crippen LogP contribution in [0.3, 0.4) is 0 Å². The fourth-order valence-corrected chi connectivity index (χ4v) is 5.59. The highest BCUT2D eigenvalue weighted by Crippen LogP contribution is 2.46. The summed E-state index contributed by atoms with van der Waals surface area (Å²) in [5.41, 5.74) is 3.71. The Kier molecular flexibility index (Phi) is 4.78. The maximum Gasteiger partial charge on any atom is 0.337 e. The first-order valence-electron chi connectivity index (χ1n) is 9.61. The lowest BCUT2D eigenvalue weighted by Gasteiger charge is -2.29. The number of carbonyl (C=O) groups is 1. The largest absolute Gasteiger partial charge is 0.478 e. The van der Waals surface area contributed by atoms with Crippen LogP contribution in [0.25, 0.3) is 21.2 Å². The molecule has 0 spiro atoms. The Morgan fingerprint density at radius 1 is 1.25 bits per heavy atom. The number of hydrogen-bond donors (Lipinski definition) is 2. The van der Waals surface area contributed by atoms with Crippen LogP contribution in [-0.4, -0.2) is 23.1 Å². The third-order valence-corrected chi connectivity index (χ3v) is 6.95. The van der Waals surface area contributed by atoms with Crippen LogP contribution in [0.15, 0.2) is 36.4 Å². The first-order chi connectivity index (χ1) is 13.2. The van der Waals surface area contributed by atoms with Crippen molar-refractivity contribution in [3.63, 3.8) is 0 Å². The van der Waals surface area contributed by atoms with E-state index in [1.807, 2.05) is 19.2 Å². The fraction of sp³-hybridized carbons (Fsp3) is 0.348. The Labute approximate surface area is 169 Å². The number of thiophene rings is 1. The quantitative estimate of drug-likeness (QED) is 0.478. The van der Waals surface area contributed by atoms with E-state index in [9.17, 15) is 9.90 Å². The van der Waals surface area contributed by atoms with Crippen LogP contribution in [0.1, 0.15) is 46.6 Å². The van der Waals surface area contributed by atoms with Crippen LogP contribution in [0, 0.1) is 5.41 Å². The summed E-state index contributed by atoms with van der Waals surface area (Å²) in [5.74, 6) is 5.14. The molecular weight excluding hydrogens is 368 g/mol. The molecule has 4 nitrogen and oxygen atoms in total. The van der Waals surface area contributed by atoms with Crippen LogP contribution in [0.2, 0.25) is 0 Å². The SMILES string of the molecule is CN(N)Cc1cc2ccccc2cc1-c1sc2c(c1C(=O)O)CC(C)(C)CC2. The summed E-state index contributed by atoms with van der Waals surface area (Å²) >= 11 is 1.65. The van der Waals surface area contributed by atoms with Gasteiger partial charge in [0.1, 0.15) is 0 Å². The number of fused-ring (bicyclic) bond motifs is 2. The molecule has 0 saturated heterocycles. The maximum atomic E-state index is 12.3. The molecule has 0 amide bonds. The van der Waals surface area contributed by atoms with Gasteiger partial charge in [0.15, 0.2) is 0 Å². The lowest BCUT2D eigenvalue weighted by Crippen LogP contribution is -2.25. The number of carboxylic acid groups (broad SMARTS) is 1. The molecule has 1 heterocycles. The molecule has 2 aromatic carbocycles. The molecule has 0 aliphatic heterocycles. The minimum absolute atomic E-state index is 0.138. The van der Waals surface area contributed by atoms with E-state index in [0.717, 1.165) is 51.6 Å². The molecule has 4 rings (SSSR count).